The maximum Gasteiger partial charge on any atom is 0.270 e. The zero-order valence-electron chi connectivity index (χ0n) is 21.6. The largest absolute Gasteiger partial charge is 0.348 e. The van der Waals surface area contributed by atoms with E-state index in [1.54, 1.807) is 36.1 Å². The first-order valence-electron chi connectivity index (χ1n) is 13.2. The van der Waals surface area contributed by atoms with E-state index in [9.17, 15) is 23.6 Å². The molecule has 0 saturated carbocycles. The third kappa shape index (κ3) is 3.94. The topological polar surface area (TPSA) is 126 Å². The van der Waals surface area contributed by atoms with Crippen molar-refractivity contribution < 1.29 is 28.0 Å². The first-order valence-corrected chi connectivity index (χ1v) is 13.2. The van der Waals surface area contributed by atoms with Gasteiger partial charge in [-0.25, -0.2) is 8.78 Å². The van der Waals surface area contributed by atoms with Gasteiger partial charge in [-0.3, -0.25) is 24.5 Å². The lowest BCUT2D eigenvalue weighted by Gasteiger charge is -2.32. The SMILES string of the molecule is Cc1c(C(=O)N2CCC(c3ccc4c(c3F)CN(C3CCC(=O)NC3=O)C4=O)CC2)[nH]c2c(F)c(C#N)ccc12. The molecule has 6 rings (SSSR count). The van der Waals surface area contributed by atoms with Crippen molar-refractivity contribution in [1.29, 1.82) is 5.26 Å². The van der Waals surface area contributed by atoms with Crippen molar-refractivity contribution in [3.05, 3.63) is 69.4 Å². The van der Waals surface area contributed by atoms with Gasteiger partial charge >= 0.3 is 0 Å². The molecule has 3 aromatic rings. The van der Waals surface area contributed by atoms with E-state index in [0.29, 0.717) is 42.4 Å². The molecule has 40 heavy (non-hydrogen) atoms. The number of aromatic nitrogens is 1. The van der Waals surface area contributed by atoms with E-state index in [0.717, 1.165) is 0 Å². The highest BCUT2D eigenvalue weighted by atomic mass is 19.1. The maximum absolute atomic E-state index is 15.7. The normalized spacial score (nSPS) is 19.6. The number of rotatable bonds is 3. The van der Waals surface area contributed by atoms with Gasteiger partial charge < -0.3 is 14.8 Å². The number of likely N-dealkylation sites (tertiary alicyclic amines) is 1. The molecule has 4 amide bonds. The first kappa shape index (κ1) is 25.7. The lowest BCUT2D eigenvalue weighted by atomic mass is 9.87. The summed E-state index contributed by atoms with van der Waals surface area (Å²) in [5, 5.41) is 11.9. The Morgan fingerprint density at radius 3 is 2.50 bits per heavy atom. The number of hydrogen-bond acceptors (Lipinski definition) is 5. The highest BCUT2D eigenvalue weighted by Crippen LogP contribution is 2.37. The van der Waals surface area contributed by atoms with Crippen LogP contribution in [0.1, 0.15) is 74.7 Å². The van der Waals surface area contributed by atoms with Crippen LogP contribution in [0.3, 0.4) is 0 Å². The highest BCUT2D eigenvalue weighted by molar-refractivity contribution is 6.05. The number of piperidine rings is 2. The minimum Gasteiger partial charge on any atom is -0.348 e. The molecule has 2 saturated heterocycles. The van der Waals surface area contributed by atoms with Crippen molar-refractivity contribution >= 4 is 34.5 Å². The van der Waals surface area contributed by atoms with Crippen LogP contribution in [-0.4, -0.2) is 57.5 Å². The van der Waals surface area contributed by atoms with Crippen LogP contribution in [0.2, 0.25) is 0 Å². The van der Waals surface area contributed by atoms with E-state index < -0.39 is 29.5 Å². The monoisotopic (exact) mass is 545 g/mol. The van der Waals surface area contributed by atoms with Crippen LogP contribution in [0.4, 0.5) is 8.78 Å². The van der Waals surface area contributed by atoms with Crippen molar-refractivity contribution in [2.75, 3.05) is 13.1 Å². The molecular weight excluding hydrogens is 520 g/mol. The average Bonchev–Trinajstić information content (AvgIpc) is 3.47. The van der Waals surface area contributed by atoms with Crippen LogP contribution in [0.5, 0.6) is 0 Å². The molecule has 3 aliphatic heterocycles. The van der Waals surface area contributed by atoms with Crippen LogP contribution in [0, 0.1) is 29.9 Å². The zero-order valence-corrected chi connectivity index (χ0v) is 21.6. The quantitative estimate of drug-likeness (QED) is 0.488. The van der Waals surface area contributed by atoms with Gasteiger partial charge in [-0.15, -0.1) is 0 Å². The summed E-state index contributed by atoms with van der Waals surface area (Å²) in [6.45, 7) is 2.41. The summed E-state index contributed by atoms with van der Waals surface area (Å²) in [5.41, 5.74) is 1.82. The van der Waals surface area contributed by atoms with Gasteiger partial charge in [0.25, 0.3) is 11.8 Å². The lowest BCUT2D eigenvalue weighted by molar-refractivity contribution is -0.136. The Hall–Kier alpha value is -4.59. The Labute approximate surface area is 227 Å². The van der Waals surface area contributed by atoms with E-state index in [4.69, 9.17) is 5.26 Å². The smallest absolute Gasteiger partial charge is 0.270 e. The van der Waals surface area contributed by atoms with Crippen molar-refractivity contribution in [3.63, 3.8) is 0 Å². The molecule has 0 radical (unpaired) electrons. The lowest BCUT2D eigenvalue weighted by Crippen LogP contribution is -2.52. The molecule has 204 valence electrons. The zero-order chi connectivity index (χ0) is 28.3. The van der Waals surface area contributed by atoms with Gasteiger partial charge in [-0.1, -0.05) is 12.1 Å². The molecule has 1 aromatic heterocycles. The van der Waals surface area contributed by atoms with Gasteiger partial charge in [0.05, 0.1) is 17.6 Å². The summed E-state index contributed by atoms with van der Waals surface area (Å²) >= 11 is 0. The predicted octanol–water partition coefficient (Wildman–Crippen LogP) is 3.41. The fourth-order valence-corrected chi connectivity index (χ4v) is 6.15. The van der Waals surface area contributed by atoms with E-state index in [1.807, 2.05) is 0 Å². The Morgan fingerprint density at radius 1 is 1.05 bits per heavy atom. The molecular formula is C29H25F2N5O4. The van der Waals surface area contributed by atoms with Crippen LogP contribution < -0.4 is 5.32 Å². The summed E-state index contributed by atoms with van der Waals surface area (Å²) in [7, 11) is 0. The number of nitrogens with one attached hydrogen (secondary N) is 2. The second-order valence-electron chi connectivity index (χ2n) is 10.5. The molecule has 9 nitrogen and oxygen atoms in total. The van der Waals surface area contributed by atoms with Crippen LogP contribution in [-0.2, 0) is 16.1 Å². The molecule has 2 fully saturated rings. The number of halogens is 2. The number of nitrogens with zero attached hydrogens (tertiary/aromatic N) is 3. The van der Waals surface area contributed by atoms with Gasteiger partial charge in [-0.2, -0.15) is 5.26 Å². The third-order valence-corrected chi connectivity index (χ3v) is 8.41. The number of imide groups is 1. The molecule has 1 unspecified atom stereocenters. The van der Waals surface area contributed by atoms with Crippen molar-refractivity contribution in [2.45, 2.75) is 51.1 Å². The average molecular weight is 546 g/mol. The number of amides is 4. The number of aryl methyl sites for hydroxylation is 1. The predicted molar refractivity (Wildman–Crippen MR) is 138 cm³/mol. The Kier molecular flexibility index (Phi) is 6.13. The summed E-state index contributed by atoms with van der Waals surface area (Å²) in [6, 6.07) is 7.20. The second-order valence-corrected chi connectivity index (χ2v) is 10.5. The summed E-state index contributed by atoms with van der Waals surface area (Å²) in [5.74, 6) is -2.98. The number of H-pyrrole nitrogens is 1. The van der Waals surface area contributed by atoms with E-state index in [1.165, 1.54) is 11.0 Å². The highest BCUT2D eigenvalue weighted by Gasteiger charge is 2.41. The summed E-state index contributed by atoms with van der Waals surface area (Å²) < 4.78 is 30.4. The third-order valence-electron chi connectivity index (χ3n) is 8.41. The molecule has 1 atom stereocenters. The molecule has 0 aliphatic carbocycles. The molecule has 0 spiro atoms. The van der Waals surface area contributed by atoms with Crippen molar-refractivity contribution in [1.82, 2.24) is 20.1 Å². The van der Waals surface area contributed by atoms with Gasteiger partial charge in [0.1, 0.15) is 23.6 Å². The van der Waals surface area contributed by atoms with Crippen molar-refractivity contribution in [2.24, 2.45) is 0 Å². The first-order chi connectivity index (χ1) is 19.2. The number of aromatic amines is 1. The number of fused-ring (bicyclic) bond motifs is 2. The Morgan fingerprint density at radius 2 is 1.80 bits per heavy atom. The fourth-order valence-electron chi connectivity index (χ4n) is 6.15. The van der Waals surface area contributed by atoms with Gasteiger partial charge in [0.15, 0.2) is 5.82 Å². The van der Waals surface area contributed by atoms with E-state index in [2.05, 4.69) is 10.3 Å². The van der Waals surface area contributed by atoms with Crippen molar-refractivity contribution in [3.8, 4) is 6.07 Å². The molecule has 0 bridgehead atoms. The number of carbonyl (C=O) groups excluding carboxylic acids is 4. The molecule has 2 N–H and O–H groups in total. The fraction of sp³-hybridized carbons (Fsp3) is 0.345. The maximum atomic E-state index is 15.7. The summed E-state index contributed by atoms with van der Waals surface area (Å²) in [4.78, 5) is 55.9. The van der Waals surface area contributed by atoms with Crippen LogP contribution in [0.25, 0.3) is 10.9 Å². The van der Waals surface area contributed by atoms with Gasteiger partial charge in [-0.05, 0) is 55.4 Å². The number of hydrogen-bond donors (Lipinski definition) is 2. The Balaban J connectivity index is 1.17. The second kappa shape index (κ2) is 9.55. The summed E-state index contributed by atoms with van der Waals surface area (Å²) in [6.07, 6.45) is 1.32. The number of benzene rings is 2. The minimum absolute atomic E-state index is 0.0405. The number of carbonyl (C=O) groups is 4. The standard InChI is InChI=1S/C29H25F2N5O4/c1-14-17-3-2-16(12-32)23(30)26(17)34-25(14)29(40)35-10-8-15(9-11-35)18-4-5-19-20(24(18)31)13-36(28(19)39)21-6-7-22(37)33-27(21)38/h2-5,15,21,34H,6-11,13H2,1H3,(H,33,37,38). The molecule has 4 heterocycles. The van der Waals surface area contributed by atoms with E-state index >= 15 is 4.39 Å². The molecule has 3 aliphatic rings. The minimum atomic E-state index is -0.817. The van der Waals surface area contributed by atoms with Gasteiger partial charge in [0, 0.05) is 36.0 Å². The van der Waals surface area contributed by atoms with Crippen LogP contribution >= 0.6 is 0 Å². The number of nitriles is 1. The van der Waals surface area contributed by atoms with Crippen LogP contribution in [0.15, 0.2) is 24.3 Å². The van der Waals surface area contributed by atoms with Gasteiger partial charge in [0.2, 0.25) is 11.8 Å². The molecule has 2 aromatic carbocycles. The molecule has 11 heteroatoms. The van der Waals surface area contributed by atoms with E-state index in [-0.39, 0.29) is 65.0 Å². The Bertz CT molecular complexity index is 1660.